The number of nitrogens with one attached hydrogen (secondary N) is 1. The van der Waals surface area contributed by atoms with E-state index in [1.165, 1.54) is 25.1 Å². The van der Waals surface area contributed by atoms with Gasteiger partial charge >= 0.3 is 5.69 Å². The van der Waals surface area contributed by atoms with Crippen molar-refractivity contribution in [3.05, 3.63) is 67.5 Å². The summed E-state index contributed by atoms with van der Waals surface area (Å²) >= 11 is 5.36. The third-order valence-electron chi connectivity index (χ3n) is 2.78. The van der Waals surface area contributed by atoms with Gasteiger partial charge in [0.15, 0.2) is 5.15 Å². The first-order chi connectivity index (χ1) is 8.93. The molecule has 1 aromatic heterocycles. The van der Waals surface area contributed by atoms with Crippen molar-refractivity contribution >= 4 is 11.6 Å². The van der Waals surface area contributed by atoms with Crippen LogP contribution in [0.4, 0.5) is 8.78 Å². The van der Waals surface area contributed by atoms with Crippen molar-refractivity contribution in [1.29, 1.82) is 0 Å². The van der Waals surface area contributed by atoms with Crippen LogP contribution in [0.15, 0.2) is 33.9 Å². The minimum atomic E-state index is -1.27. The summed E-state index contributed by atoms with van der Waals surface area (Å²) in [5.74, 6) is -1.86. The molecule has 1 unspecified atom stereocenters. The molecule has 0 saturated carbocycles. The van der Waals surface area contributed by atoms with Gasteiger partial charge in [-0.2, -0.15) is 4.39 Å². The van der Waals surface area contributed by atoms with E-state index in [0.29, 0.717) is 4.57 Å². The number of aromatic nitrogens is 2. The van der Waals surface area contributed by atoms with Crippen LogP contribution in [0.2, 0.25) is 5.15 Å². The highest BCUT2D eigenvalue weighted by molar-refractivity contribution is 6.29. The Morgan fingerprint density at radius 3 is 2.53 bits per heavy atom. The summed E-state index contributed by atoms with van der Waals surface area (Å²) in [5.41, 5.74) is -1.98. The van der Waals surface area contributed by atoms with E-state index in [1.807, 2.05) is 4.98 Å². The minimum Gasteiger partial charge on any atom is -0.295 e. The van der Waals surface area contributed by atoms with Crippen molar-refractivity contribution in [3.63, 3.8) is 0 Å². The van der Waals surface area contributed by atoms with E-state index in [2.05, 4.69) is 0 Å². The number of nitrogens with zero attached hydrogens (tertiary/aromatic N) is 1. The predicted molar refractivity (Wildman–Crippen MR) is 66.5 cm³/mol. The van der Waals surface area contributed by atoms with E-state index in [4.69, 9.17) is 11.6 Å². The number of benzene rings is 1. The fraction of sp³-hybridized carbons (Fsp3) is 0.167. The number of hydrogen-bond donors (Lipinski definition) is 1. The molecule has 0 aliphatic rings. The van der Waals surface area contributed by atoms with Crippen LogP contribution in [-0.4, -0.2) is 9.55 Å². The normalized spacial score (nSPS) is 12.4. The third-order valence-corrected chi connectivity index (χ3v) is 3.04. The minimum absolute atomic E-state index is 0.108. The summed E-state index contributed by atoms with van der Waals surface area (Å²) in [6, 6.07) is 4.68. The van der Waals surface area contributed by atoms with E-state index in [9.17, 15) is 18.4 Å². The largest absolute Gasteiger partial charge is 0.330 e. The first kappa shape index (κ1) is 13.5. The van der Waals surface area contributed by atoms with Crippen LogP contribution in [0.3, 0.4) is 0 Å². The summed E-state index contributed by atoms with van der Waals surface area (Å²) in [6.07, 6.45) is 0. The van der Waals surface area contributed by atoms with Crippen LogP contribution in [0.5, 0.6) is 0 Å². The highest BCUT2D eigenvalue weighted by Gasteiger charge is 2.20. The Hall–Kier alpha value is -1.95. The van der Waals surface area contributed by atoms with Crippen molar-refractivity contribution in [2.75, 3.05) is 0 Å². The average Bonchev–Trinajstić information content (AvgIpc) is 2.36. The summed E-state index contributed by atoms with van der Waals surface area (Å²) < 4.78 is 27.6. The molecule has 0 amide bonds. The lowest BCUT2D eigenvalue weighted by Crippen LogP contribution is -2.39. The van der Waals surface area contributed by atoms with Gasteiger partial charge in [0.2, 0.25) is 5.82 Å². The molecule has 1 aromatic carbocycles. The summed E-state index contributed by atoms with van der Waals surface area (Å²) in [4.78, 5) is 25.4. The van der Waals surface area contributed by atoms with Gasteiger partial charge in [0.05, 0.1) is 6.04 Å². The van der Waals surface area contributed by atoms with Crippen LogP contribution in [0.25, 0.3) is 0 Å². The Morgan fingerprint density at radius 1 is 1.26 bits per heavy atom. The highest BCUT2D eigenvalue weighted by atomic mass is 35.5. The molecule has 0 saturated heterocycles. The van der Waals surface area contributed by atoms with Crippen LogP contribution in [0, 0.1) is 11.6 Å². The lowest BCUT2D eigenvalue weighted by atomic mass is 10.1. The van der Waals surface area contributed by atoms with Gasteiger partial charge in [0.25, 0.3) is 5.56 Å². The number of aromatic amines is 1. The quantitative estimate of drug-likeness (QED) is 0.859. The van der Waals surface area contributed by atoms with Crippen molar-refractivity contribution in [1.82, 2.24) is 9.55 Å². The molecule has 4 nitrogen and oxygen atoms in total. The molecule has 100 valence electrons. The van der Waals surface area contributed by atoms with Gasteiger partial charge in [-0.05, 0) is 13.0 Å². The Kier molecular flexibility index (Phi) is 3.53. The van der Waals surface area contributed by atoms with E-state index >= 15 is 0 Å². The van der Waals surface area contributed by atoms with Crippen LogP contribution < -0.4 is 11.2 Å². The van der Waals surface area contributed by atoms with Gasteiger partial charge in [-0.3, -0.25) is 14.3 Å². The smallest absolute Gasteiger partial charge is 0.295 e. The van der Waals surface area contributed by atoms with E-state index < -0.39 is 34.1 Å². The van der Waals surface area contributed by atoms with Crippen molar-refractivity contribution in [2.45, 2.75) is 13.0 Å². The highest BCUT2D eigenvalue weighted by Crippen LogP contribution is 2.18. The Balaban J connectivity index is 2.67. The van der Waals surface area contributed by atoms with Gasteiger partial charge in [-0.15, -0.1) is 0 Å². The molecule has 0 aliphatic carbocycles. The molecule has 1 atom stereocenters. The van der Waals surface area contributed by atoms with Gasteiger partial charge in [0, 0.05) is 5.56 Å². The monoisotopic (exact) mass is 286 g/mol. The summed E-state index contributed by atoms with van der Waals surface area (Å²) in [6.45, 7) is 1.42. The van der Waals surface area contributed by atoms with Crippen LogP contribution >= 0.6 is 11.6 Å². The second kappa shape index (κ2) is 4.97. The molecule has 0 radical (unpaired) electrons. The third kappa shape index (κ3) is 2.31. The number of H-pyrrole nitrogens is 1. The molecule has 19 heavy (non-hydrogen) atoms. The molecule has 1 N–H and O–H groups in total. The van der Waals surface area contributed by atoms with Gasteiger partial charge in [-0.25, -0.2) is 9.18 Å². The molecular formula is C12H9ClF2N2O2. The van der Waals surface area contributed by atoms with Gasteiger partial charge in [0.1, 0.15) is 5.82 Å². The van der Waals surface area contributed by atoms with Crippen LogP contribution in [-0.2, 0) is 0 Å². The topological polar surface area (TPSA) is 54.9 Å². The van der Waals surface area contributed by atoms with Crippen LogP contribution in [0.1, 0.15) is 18.5 Å². The van der Waals surface area contributed by atoms with Gasteiger partial charge in [-0.1, -0.05) is 29.8 Å². The van der Waals surface area contributed by atoms with Crippen molar-refractivity contribution < 1.29 is 8.78 Å². The Bertz CT molecular complexity index is 739. The fourth-order valence-corrected chi connectivity index (χ4v) is 1.97. The molecule has 1 heterocycles. The standard InChI is InChI=1S/C12H9ClF2N2O2/c1-6(7-4-2-3-5-8(7)14)17-11(18)9(15)10(13)16-12(17)19/h2-6H,1H3,(H,16,19). The molecular weight excluding hydrogens is 278 g/mol. The number of rotatable bonds is 2. The lowest BCUT2D eigenvalue weighted by molar-refractivity contribution is 0.496. The lowest BCUT2D eigenvalue weighted by Gasteiger charge is -2.15. The molecule has 0 fully saturated rings. The maximum Gasteiger partial charge on any atom is 0.330 e. The molecule has 0 spiro atoms. The second-order valence-electron chi connectivity index (χ2n) is 3.93. The second-order valence-corrected chi connectivity index (χ2v) is 4.31. The maximum atomic E-state index is 13.6. The predicted octanol–water partition coefficient (Wildman–Crippen LogP) is 2.08. The number of halogens is 3. The van der Waals surface area contributed by atoms with E-state index in [1.54, 1.807) is 6.07 Å². The molecule has 7 heteroatoms. The van der Waals surface area contributed by atoms with Crippen molar-refractivity contribution in [2.24, 2.45) is 0 Å². The zero-order valence-corrected chi connectivity index (χ0v) is 10.5. The Morgan fingerprint density at radius 2 is 1.89 bits per heavy atom. The molecule has 2 aromatic rings. The molecule has 0 bridgehead atoms. The Labute approximate surface area is 111 Å². The maximum absolute atomic E-state index is 13.6. The fourth-order valence-electron chi connectivity index (χ4n) is 1.81. The summed E-state index contributed by atoms with van der Waals surface area (Å²) in [7, 11) is 0. The van der Waals surface area contributed by atoms with Gasteiger partial charge < -0.3 is 0 Å². The number of hydrogen-bond acceptors (Lipinski definition) is 2. The first-order valence-electron chi connectivity index (χ1n) is 5.37. The zero-order valence-electron chi connectivity index (χ0n) is 9.78. The zero-order chi connectivity index (χ0) is 14.2. The summed E-state index contributed by atoms with van der Waals surface area (Å²) in [5, 5.41) is -0.660. The van der Waals surface area contributed by atoms with E-state index in [-0.39, 0.29) is 5.56 Å². The molecule has 0 aliphatic heterocycles. The SMILES string of the molecule is CC(c1ccccc1F)n1c(=O)[nH]c(Cl)c(F)c1=O. The van der Waals surface area contributed by atoms with Crippen molar-refractivity contribution in [3.8, 4) is 0 Å². The first-order valence-corrected chi connectivity index (χ1v) is 5.75. The average molecular weight is 287 g/mol. The van der Waals surface area contributed by atoms with E-state index in [0.717, 1.165) is 0 Å². The molecule has 2 rings (SSSR count).